The summed E-state index contributed by atoms with van der Waals surface area (Å²) in [5, 5.41) is 9.64. The fourth-order valence-electron chi connectivity index (χ4n) is 3.43. The molecule has 0 aromatic heterocycles. The maximum absolute atomic E-state index is 11.9. The number of halogens is 1. The summed E-state index contributed by atoms with van der Waals surface area (Å²) in [5.74, 6) is 0.716. The Balaban J connectivity index is 0.00000480. The first-order valence-electron chi connectivity index (χ1n) is 10.7. The molecule has 7 heteroatoms. The van der Waals surface area contributed by atoms with Gasteiger partial charge in [-0.3, -0.25) is 14.7 Å². The van der Waals surface area contributed by atoms with Crippen LogP contribution in [0.15, 0.2) is 59.6 Å². The van der Waals surface area contributed by atoms with Gasteiger partial charge in [0.2, 0.25) is 0 Å². The summed E-state index contributed by atoms with van der Waals surface area (Å²) in [6, 6.07) is 18.5. The number of carbonyl (C=O) groups excluding carboxylic acids is 1. The van der Waals surface area contributed by atoms with Crippen LogP contribution in [0.4, 0.5) is 0 Å². The molecule has 0 aliphatic heterocycles. The molecule has 0 spiro atoms. The third kappa shape index (κ3) is 8.49. The van der Waals surface area contributed by atoms with Crippen LogP contribution in [0.3, 0.4) is 0 Å². The van der Waals surface area contributed by atoms with E-state index < -0.39 is 0 Å². The summed E-state index contributed by atoms with van der Waals surface area (Å²) in [4.78, 5) is 18.7. The largest absolute Gasteiger partial charge is 0.354 e. The molecule has 1 amide bonds. The van der Waals surface area contributed by atoms with Crippen molar-refractivity contribution in [1.29, 1.82) is 0 Å². The summed E-state index contributed by atoms with van der Waals surface area (Å²) in [6.07, 6.45) is 0. The highest BCUT2D eigenvalue weighted by Gasteiger charge is 2.18. The number of nitrogens with zero attached hydrogens (tertiary/aromatic N) is 2. The maximum Gasteiger partial charge on any atom is 0.251 e. The van der Waals surface area contributed by atoms with Crippen LogP contribution in [0.2, 0.25) is 0 Å². The molecular formula is C24H36IN5O. The van der Waals surface area contributed by atoms with Gasteiger partial charge in [-0.25, -0.2) is 0 Å². The molecular weight excluding hydrogens is 501 g/mol. The van der Waals surface area contributed by atoms with Gasteiger partial charge in [0.25, 0.3) is 5.91 Å². The number of likely N-dealkylation sites (N-methyl/N-ethyl adjacent to an activating group) is 1. The predicted molar refractivity (Wildman–Crippen MR) is 140 cm³/mol. The molecule has 0 bridgehead atoms. The van der Waals surface area contributed by atoms with E-state index >= 15 is 0 Å². The number of nitrogens with one attached hydrogen (secondary N) is 3. The maximum atomic E-state index is 11.9. The summed E-state index contributed by atoms with van der Waals surface area (Å²) >= 11 is 0. The van der Waals surface area contributed by atoms with Gasteiger partial charge in [0.1, 0.15) is 0 Å². The number of hydrogen-bond donors (Lipinski definition) is 3. The van der Waals surface area contributed by atoms with E-state index in [1.807, 2.05) is 37.3 Å². The molecule has 6 nitrogen and oxygen atoms in total. The number of rotatable bonds is 10. The van der Waals surface area contributed by atoms with Gasteiger partial charge in [-0.05, 0) is 43.3 Å². The topological polar surface area (TPSA) is 68.8 Å². The Morgan fingerprint density at radius 1 is 0.935 bits per heavy atom. The minimum absolute atomic E-state index is 0. The molecule has 0 radical (unpaired) electrons. The van der Waals surface area contributed by atoms with E-state index in [-0.39, 0.29) is 35.9 Å². The molecule has 2 aromatic carbocycles. The average Bonchev–Trinajstić information content (AvgIpc) is 2.79. The number of hydrogen-bond acceptors (Lipinski definition) is 3. The van der Waals surface area contributed by atoms with Crippen molar-refractivity contribution in [1.82, 2.24) is 20.9 Å². The molecule has 0 aliphatic rings. The Labute approximate surface area is 203 Å². The molecule has 1 unspecified atom stereocenters. The Hall–Kier alpha value is -2.13. The Morgan fingerprint density at radius 2 is 1.58 bits per heavy atom. The summed E-state index contributed by atoms with van der Waals surface area (Å²) in [6.45, 7) is 10.3. The van der Waals surface area contributed by atoms with E-state index in [2.05, 4.69) is 64.0 Å². The second-order valence-electron chi connectivity index (χ2n) is 7.01. The lowest BCUT2D eigenvalue weighted by Crippen LogP contribution is -2.43. The normalized spacial score (nSPS) is 12.1. The molecule has 0 saturated heterocycles. The molecule has 0 aliphatic carbocycles. The molecule has 2 aromatic rings. The number of carbonyl (C=O) groups is 1. The van der Waals surface area contributed by atoms with E-state index in [4.69, 9.17) is 0 Å². The minimum Gasteiger partial charge on any atom is -0.354 e. The van der Waals surface area contributed by atoms with Crippen molar-refractivity contribution < 1.29 is 4.79 Å². The molecule has 3 N–H and O–H groups in total. The third-order valence-corrected chi connectivity index (χ3v) is 5.14. The van der Waals surface area contributed by atoms with E-state index in [9.17, 15) is 4.79 Å². The molecule has 31 heavy (non-hydrogen) atoms. The molecule has 170 valence electrons. The van der Waals surface area contributed by atoms with Crippen molar-refractivity contribution in [3.05, 3.63) is 71.3 Å². The van der Waals surface area contributed by atoms with Crippen molar-refractivity contribution in [3.63, 3.8) is 0 Å². The van der Waals surface area contributed by atoms with Gasteiger partial charge >= 0.3 is 0 Å². The minimum atomic E-state index is -0.0437. The van der Waals surface area contributed by atoms with Crippen LogP contribution in [0.1, 0.15) is 48.3 Å². The van der Waals surface area contributed by atoms with Gasteiger partial charge < -0.3 is 16.0 Å². The zero-order valence-corrected chi connectivity index (χ0v) is 21.4. The quantitative estimate of drug-likeness (QED) is 0.245. The Bertz CT molecular complexity index is 791. The van der Waals surface area contributed by atoms with Gasteiger partial charge in [-0.15, -0.1) is 24.0 Å². The van der Waals surface area contributed by atoms with Crippen LogP contribution < -0.4 is 16.0 Å². The predicted octanol–water partition coefficient (Wildman–Crippen LogP) is 3.80. The lowest BCUT2D eigenvalue weighted by molar-refractivity contribution is 0.0956. The van der Waals surface area contributed by atoms with Gasteiger partial charge in [-0.2, -0.15) is 0 Å². The molecule has 0 fully saturated rings. The third-order valence-electron chi connectivity index (χ3n) is 5.14. The van der Waals surface area contributed by atoms with Crippen molar-refractivity contribution in [2.45, 2.75) is 33.4 Å². The van der Waals surface area contributed by atoms with Gasteiger partial charge in [-0.1, -0.05) is 56.3 Å². The van der Waals surface area contributed by atoms with Crippen LogP contribution in [0.5, 0.6) is 0 Å². The van der Waals surface area contributed by atoms with E-state index in [1.165, 1.54) is 5.56 Å². The molecule has 0 saturated carbocycles. The lowest BCUT2D eigenvalue weighted by atomic mass is 10.1. The molecule has 1 atom stereocenters. The van der Waals surface area contributed by atoms with E-state index in [0.717, 1.165) is 31.2 Å². The lowest BCUT2D eigenvalue weighted by Gasteiger charge is -2.30. The van der Waals surface area contributed by atoms with E-state index in [1.54, 1.807) is 7.05 Å². The first kappa shape index (κ1) is 26.9. The fourth-order valence-corrected chi connectivity index (χ4v) is 3.43. The number of aliphatic imine (C=N–C) groups is 1. The Kier molecular flexibility index (Phi) is 12.8. The SMILES string of the molecule is CCNC(=O)c1ccc(CNC(=NC)NCC(c2ccccc2)N(CC)CC)cc1.I. The standard InChI is InChI=1S/C24H35N5O.HI/c1-5-26-23(30)21-15-13-19(14-16-21)17-27-24(25-4)28-18-22(29(6-2)7-3)20-11-9-8-10-12-20;/h8-16,22H,5-7,17-18H2,1-4H3,(H,26,30)(H2,25,27,28);1H. The van der Waals surface area contributed by atoms with Gasteiger partial charge in [0, 0.05) is 32.2 Å². The Morgan fingerprint density at radius 3 is 2.13 bits per heavy atom. The van der Waals surface area contributed by atoms with Crippen LogP contribution in [0, 0.1) is 0 Å². The van der Waals surface area contributed by atoms with E-state index in [0.29, 0.717) is 18.7 Å². The highest BCUT2D eigenvalue weighted by Crippen LogP contribution is 2.19. The highest BCUT2D eigenvalue weighted by atomic mass is 127. The first-order valence-corrected chi connectivity index (χ1v) is 10.7. The molecule has 2 rings (SSSR count). The van der Waals surface area contributed by atoms with Crippen molar-refractivity contribution in [2.24, 2.45) is 4.99 Å². The van der Waals surface area contributed by atoms with Gasteiger partial charge in [0.15, 0.2) is 5.96 Å². The fraction of sp³-hybridized carbons (Fsp3) is 0.417. The first-order chi connectivity index (χ1) is 14.6. The monoisotopic (exact) mass is 537 g/mol. The average molecular weight is 537 g/mol. The second-order valence-corrected chi connectivity index (χ2v) is 7.01. The summed E-state index contributed by atoms with van der Waals surface area (Å²) in [7, 11) is 1.78. The van der Waals surface area contributed by atoms with Crippen LogP contribution in [-0.2, 0) is 6.54 Å². The summed E-state index contributed by atoms with van der Waals surface area (Å²) < 4.78 is 0. The van der Waals surface area contributed by atoms with Crippen molar-refractivity contribution in [2.75, 3.05) is 33.2 Å². The summed E-state index contributed by atoms with van der Waals surface area (Å²) in [5.41, 5.74) is 3.06. The highest BCUT2D eigenvalue weighted by molar-refractivity contribution is 14.0. The van der Waals surface area contributed by atoms with Crippen molar-refractivity contribution >= 4 is 35.8 Å². The zero-order valence-electron chi connectivity index (χ0n) is 19.0. The van der Waals surface area contributed by atoms with Gasteiger partial charge in [0.05, 0.1) is 6.04 Å². The molecule has 0 heterocycles. The van der Waals surface area contributed by atoms with Crippen LogP contribution in [0.25, 0.3) is 0 Å². The second kappa shape index (κ2) is 14.8. The smallest absolute Gasteiger partial charge is 0.251 e. The number of guanidine groups is 1. The van der Waals surface area contributed by atoms with Crippen LogP contribution >= 0.6 is 24.0 Å². The zero-order chi connectivity index (χ0) is 21.8. The van der Waals surface area contributed by atoms with Crippen LogP contribution in [-0.4, -0.2) is 50.0 Å². The number of amides is 1. The number of benzene rings is 2. The van der Waals surface area contributed by atoms with Crippen molar-refractivity contribution in [3.8, 4) is 0 Å².